The Balaban J connectivity index is 3.27. The fraction of sp³-hybridized carbons (Fsp3) is 1.00. The second-order valence-corrected chi connectivity index (χ2v) is 4.63. The Morgan fingerprint density at radius 2 is 1.42 bits per heavy atom. The average molecular weight is 191 g/mol. The molecule has 4 nitrogen and oxygen atoms in total. The Kier molecular flexibility index (Phi) is 6.59. The molecule has 0 aromatic rings. The van der Waals surface area contributed by atoms with Crippen LogP contribution < -0.4 is 11.5 Å². The van der Waals surface area contributed by atoms with Crippen molar-refractivity contribution < 1.29 is 8.85 Å². The number of hydrogen-bond acceptors (Lipinski definition) is 4. The Labute approximate surface area is 76.1 Å². The maximum absolute atomic E-state index is 5.51. The first kappa shape index (κ1) is 12.1. The van der Waals surface area contributed by atoms with E-state index >= 15 is 0 Å². The van der Waals surface area contributed by atoms with E-state index in [1.165, 1.54) is 0 Å². The van der Waals surface area contributed by atoms with Gasteiger partial charge in [0.05, 0.1) is 13.2 Å². The van der Waals surface area contributed by atoms with Gasteiger partial charge in [0.25, 0.3) is 0 Å². The molecule has 0 fully saturated rings. The van der Waals surface area contributed by atoms with Crippen LogP contribution in [-0.4, -0.2) is 34.6 Å². The molecule has 0 aliphatic rings. The van der Waals surface area contributed by atoms with Crippen molar-refractivity contribution in [3.8, 4) is 0 Å². The Bertz CT molecular complexity index is 99.6. The summed E-state index contributed by atoms with van der Waals surface area (Å²) >= 11 is 0. The topological polar surface area (TPSA) is 70.5 Å². The first-order chi connectivity index (χ1) is 5.52. The van der Waals surface area contributed by atoms with Crippen molar-refractivity contribution in [2.75, 3.05) is 13.2 Å². The lowest BCUT2D eigenvalue weighted by Gasteiger charge is -2.14. The highest BCUT2D eigenvalue weighted by Gasteiger charge is 2.09. The third-order valence-corrected chi connectivity index (χ3v) is 2.25. The lowest BCUT2D eigenvalue weighted by atomic mass is 10.4. The third-order valence-electron chi connectivity index (χ3n) is 1.10. The molecule has 12 heavy (non-hydrogen) atoms. The summed E-state index contributed by atoms with van der Waals surface area (Å²) in [4.78, 5) is 0. The molecule has 0 saturated heterocycles. The zero-order chi connectivity index (χ0) is 9.56. The fourth-order valence-corrected chi connectivity index (χ4v) is 1.62. The van der Waals surface area contributed by atoms with E-state index in [4.69, 9.17) is 20.3 Å². The summed E-state index contributed by atoms with van der Waals surface area (Å²) in [5, 5.41) is 0. The molecule has 0 aliphatic carbocycles. The van der Waals surface area contributed by atoms with Crippen molar-refractivity contribution in [2.45, 2.75) is 32.5 Å². The molecule has 2 unspecified atom stereocenters. The number of rotatable bonds is 6. The summed E-state index contributed by atoms with van der Waals surface area (Å²) in [6.07, 6.45) is 0. The molecule has 5 heteroatoms. The quantitative estimate of drug-likeness (QED) is 0.572. The molecule has 4 N–H and O–H groups in total. The van der Waals surface area contributed by atoms with Crippen molar-refractivity contribution in [3.05, 3.63) is 0 Å². The first-order valence-electron chi connectivity index (χ1n) is 4.12. The number of nitrogens with two attached hydrogens (primary N) is 2. The van der Waals surface area contributed by atoms with Crippen LogP contribution in [0, 0.1) is 0 Å². The van der Waals surface area contributed by atoms with E-state index in [9.17, 15) is 0 Å². The molecular weight excluding hydrogens is 172 g/mol. The van der Waals surface area contributed by atoms with E-state index in [0.29, 0.717) is 13.2 Å². The van der Waals surface area contributed by atoms with Gasteiger partial charge in [0.15, 0.2) is 0 Å². The standard InChI is InChI=1S/C7H19N2O2Si/c1-6(8)4-10-12(3)11-5-7(2)9/h6-7H,4-5,8-9H2,1-3H3. The molecule has 1 radical (unpaired) electrons. The van der Waals surface area contributed by atoms with Gasteiger partial charge in [-0.1, -0.05) is 0 Å². The van der Waals surface area contributed by atoms with Crippen molar-refractivity contribution in [2.24, 2.45) is 11.5 Å². The molecule has 73 valence electrons. The van der Waals surface area contributed by atoms with Crippen LogP contribution in [-0.2, 0) is 8.85 Å². The second kappa shape index (κ2) is 6.56. The van der Waals surface area contributed by atoms with E-state index in [2.05, 4.69) is 0 Å². The normalized spacial score (nSPS) is 16.5. The Morgan fingerprint density at radius 1 is 1.08 bits per heavy atom. The molecule has 0 heterocycles. The minimum Gasteiger partial charge on any atom is -0.392 e. The van der Waals surface area contributed by atoms with Gasteiger partial charge in [0, 0.05) is 12.1 Å². The maximum atomic E-state index is 5.51. The van der Waals surface area contributed by atoms with Crippen molar-refractivity contribution >= 4 is 9.28 Å². The van der Waals surface area contributed by atoms with Gasteiger partial charge in [-0.3, -0.25) is 0 Å². The van der Waals surface area contributed by atoms with Gasteiger partial charge in [0.1, 0.15) is 0 Å². The smallest absolute Gasteiger partial charge is 0.381 e. The predicted molar refractivity (Wildman–Crippen MR) is 50.8 cm³/mol. The zero-order valence-electron chi connectivity index (χ0n) is 8.04. The van der Waals surface area contributed by atoms with Crippen LogP contribution in [0.5, 0.6) is 0 Å². The van der Waals surface area contributed by atoms with Gasteiger partial charge >= 0.3 is 9.28 Å². The van der Waals surface area contributed by atoms with Crippen LogP contribution in [0.2, 0.25) is 6.55 Å². The highest BCUT2D eigenvalue weighted by molar-refractivity contribution is 6.42. The molecule has 0 saturated carbocycles. The summed E-state index contributed by atoms with van der Waals surface area (Å²) in [6, 6.07) is 0.146. The average Bonchev–Trinajstić information content (AvgIpc) is 1.96. The van der Waals surface area contributed by atoms with Gasteiger partial charge in [-0.2, -0.15) is 0 Å². The van der Waals surface area contributed by atoms with Gasteiger partial charge in [-0.05, 0) is 20.4 Å². The van der Waals surface area contributed by atoms with E-state index in [0.717, 1.165) is 0 Å². The SMILES string of the molecule is CC(N)CO[Si](C)OCC(C)N. The minimum absolute atomic E-state index is 0.0730. The van der Waals surface area contributed by atoms with E-state index in [-0.39, 0.29) is 12.1 Å². The predicted octanol–water partition coefficient (Wildman–Crippen LogP) is -0.168. The van der Waals surface area contributed by atoms with Crippen LogP contribution in [0.15, 0.2) is 0 Å². The summed E-state index contributed by atoms with van der Waals surface area (Å²) in [7, 11) is -1.14. The molecular formula is C7H19N2O2Si. The third kappa shape index (κ3) is 8.16. The fourth-order valence-electron chi connectivity index (χ4n) is 0.539. The molecule has 0 aliphatic heterocycles. The summed E-state index contributed by atoms with van der Waals surface area (Å²) in [5.74, 6) is 0. The van der Waals surface area contributed by atoms with Gasteiger partial charge in [-0.25, -0.2) is 0 Å². The first-order valence-corrected chi connectivity index (χ1v) is 5.94. The number of hydrogen-bond donors (Lipinski definition) is 2. The molecule has 0 spiro atoms. The van der Waals surface area contributed by atoms with E-state index < -0.39 is 9.28 Å². The van der Waals surface area contributed by atoms with Gasteiger partial charge in [0.2, 0.25) is 0 Å². The lowest BCUT2D eigenvalue weighted by Crippen LogP contribution is -2.32. The molecule has 0 rings (SSSR count). The highest BCUT2D eigenvalue weighted by Crippen LogP contribution is 1.91. The Morgan fingerprint density at radius 3 is 1.67 bits per heavy atom. The van der Waals surface area contributed by atoms with Crippen LogP contribution in [0.4, 0.5) is 0 Å². The lowest BCUT2D eigenvalue weighted by molar-refractivity contribution is 0.187. The molecule has 0 amide bonds. The monoisotopic (exact) mass is 191 g/mol. The molecule has 0 aromatic heterocycles. The van der Waals surface area contributed by atoms with Gasteiger partial charge in [-0.15, -0.1) is 0 Å². The Hall–Kier alpha value is 0.0569. The summed E-state index contributed by atoms with van der Waals surface area (Å²) in [6.45, 7) is 6.87. The van der Waals surface area contributed by atoms with E-state index in [1.54, 1.807) is 0 Å². The van der Waals surface area contributed by atoms with Crippen LogP contribution >= 0.6 is 0 Å². The van der Waals surface area contributed by atoms with Crippen molar-refractivity contribution in [3.63, 3.8) is 0 Å². The largest absolute Gasteiger partial charge is 0.392 e. The summed E-state index contributed by atoms with van der Waals surface area (Å²) in [5.41, 5.74) is 11.0. The highest BCUT2D eigenvalue weighted by atomic mass is 28.3. The van der Waals surface area contributed by atoms with Gasteiger partial charge < -0.3 is 20.3 Å². The van der Waals surface area contributed by atoms with Crippen LogP contribution in [0.25, 0.3) is 0 Å². The molecule has 2 atom stereocenters. The van der Waals surface area contributed by atoms with Crippen molar-refractivity contribution in [1.29, 1.82) is 0 Å². The van der Waals surface area contributed by atoms with E-state index in [1.807, 2.05) is 20.4 Å². The summed E-state index contributed by atoms with van der Waals surface area (Å²) < 4.78 is 10.7. The maximum Gasteiger partial charge on any atom is 0.381 e. The van der Waals surface area contributed by atoms with Crippen molar-refractivity contribution in [1.82, 2.24) is 0 Å². The minimum atomic E-state index is -1.14. The van der Waals surface area contributed by atoms with Crippen LogP contribution in [0.3, 0.4) is 0 Å². The second-order valence-electron chi connectivity index (χ2n) is 3.07. The molecule has 0 bridgehead atoms. The molecule has 0 aromatic carbocycles. The zero-order valence-corrected chi connectivity index (χ0v) is 9.04. The van der Waals surface area contributed by atoms with Crippen LogP contribution in [0.1, 0.15) is 13.8 Å².